The van der Waals surface area contributed by atoms with Crippen LogP contribution < -0.4 is 16.0 Å². The van der Waals surface area contributed by atoms with Gasteiger partial charge < -0.3 is 16.0 Å². The Hall–Kier alpha value is -2.74. The molecule has 3 rings (SSSR count). The highest BCUT2D eigenvalue weighted by atomic mass is 16.2. The lowest BCUT2D eigenvalue weighted by molar-refractivity contribution is -0.119. The standard InChI is InChI=1S/C20H28N6O2/c1-14(16-7-9-21-10-8-16)11-19(27)24-17-3-5-18(6-4-17)25-20(28)15(2)26-13-22-12-23-26/h3-6,12-16,21H,7-11H2,1-2H3,(H,24,27)(H,25,28). The lowest BCUT2D eigenvalue weighted by Crippen LogP contribution is -2.32. The van der Waals surface area contributed by atoms with Crippen molar-refractivity contribution in [2.75, 3.05) is 23.7 Å². The van der Waals surface area contributed by atoms with E-state index >= 15 is 0 Å². The summed E-state index contributed by atoms with van der Waals surface area (Å²) in [6.07, 6.45) is 5.70. The van der Waals surface area contributed by atoms with Crippen LogP contribution in [0.4, 0.5) is 11.4 Å². The lowest BCUT2D eigenvalue weighted by Gasteiger charge is -2.27. The number of amides is 2. The highest BCUT2D eigenvalue weighted by molar-refractivity contribution is 5.94. The van der Waals surface area contributed by atoms with Crippen LogP contribution in [0.15, 0.2) is 36.9 Å². The molecule has 2 aromatic rings. The molecule has 1 aliphatic heterocycles. The van der Waals surface area contributed by atoms with Gasteiger partial charge in [0.15, 0.2) is 0 Å². The summed E-state index contributed by atoms with van der Waals surface area (Å²) >= 11 is 0. The number of nitrogens with one attached hydrogen (secondary N) is 3. The van der Waals surface area contributed by atoms with Crippen molar-refractivity contribution in [3.8, 4) is 0 Å². The molecule has 1 saturated heterocycles. The van der Waals surface area contributed by atoms with Gasteiger partial charge in [-0.2, -0.15) is 5.10 Å². The zero-order valence-electron chi connectivity index (χ0n) is 16.4. The van der Waals surface area contributed by atoms with Gasteiger partial charge in [0, 0.05) is 17.8 Å². The second kappa shape index (κ2) is 9.45. The summed E-state index contributed by atoms with van der Waals surface area (Å²) in [4.78, 5) is 28.5. The molecule has 0 spiro atoms. The maximum atomic E-state index is 12.3. The summed E-state index contributed by atoms with van der Waals surface area (Å²) < 4.78 is 1.49. The van der Waals surface area contributed by atoms with Crippen LogP contribution >= 0.6 is 0 Å². The van der Waals surface area contributed by atoms with E-state index in [9.17, 15) is 9.59 Å². The van der Waals surface area contributed by atoms with Crippen LogP contribution in [0.5, 0.6) is 0 Å². The van der Waals surface area contributed by atoms with Gasteiger partial charge in [-0.25, -0.2) is 9.67 Å². The number of carbonyl (C=O) groups is 2. The minimum atomic E-state index is -0.460. The Labute approximate surface area is 165 Å². The Kier molecular flexibility index (Phi) is 6.76. The third-order valence-corrected chi connectivity index (χ3v) is 5.34. The first-order chi connectivity index (χ1) is 13.5. The van der Waals surface area contributed by atoms with E-state index in [1.54, 1.807) is 31.2 Å². The van der Waals surface area contributed by atoms with E-state index in [1.165, 1.54) is 17.3 Å². The van der Waals surface area contributed by atoms with E-state index in [-0.39, 0.29) is 11.8 Å². The molecule has 2 heterocycles. The maximum Gasteiger partial charge on any atom is 0.249 e. The predicted molar refractivity (Wildman–Crippen MR) is 108 cm³/mol. The molecule has 1 fully saturated rings. The second-order valence-electron chi connectivity index (χ2n) is 7.44. The van der Waals surface area contributed by atoms with Crippen LogP contribution in [0.2, 0.25) is 0 Å². The number of benzene rings is 1. The molecule has 150 valence electrons. The van der Waals surface area contributed by atoms with E-state index < -0.39 is 6.04 Å². The van der Waals surface area contributed by atoms with Crippen LogP contribution in [0, 0.1) is 11.8 Å². The Morgan fingerprint density at radius 1 is 1.14 bits per heavy atom. The van der Waals surface area contributed by atoms with Crippen molar-refractivity contribution in [1.82, 2.24) is 20.1 Å². The van der Waals surface area contributed by atoms with Crippen molar-refractivity contribution in [2.45, 2.75) is 39.2 Å². The molecule has 1 aromatic heterocycles. The van der Waals surface area contributed by atoms with Gasteiger partial charge in [0.1, 0.15) is 18.7 Å². The molecule has 0 bridgehead atoms. The van der Waals surface area contributed by atoms with Gasteiger partial charge in [-0.1, -0.05) is 6.92 Å². The molecule has 0 radical (unpaired) electrons. The summed E-state index contributed by atoms with van der Waals surface area (Å²) in [5.74, 6) is 0.830. The molecular weight excluding hydrogens is 356 g/mol. The van der Waals surface area contributed by atoms with Gasteiger partial charge in [0.05, 0.1) is 0 Å². The number of hydrogen-bond donors (Lipinski definition) is 3. The zero-order valence-corrected chi connectivity index (χ0v) is 16.4. The van der Waals surface area contributed by atoms with Crippen molar-refractivity contribution in [1.29, 1.82) is 0 Å². The van der Waals surface area contributed by atoms with Crippen LogP contribution in [-0.4, -0.2) is 39.7 Å². The van der Waals surface area contributed by atoms with Gasteiger partial charge in [-0.3, -0.25) is 9.59 Å². The van der Waals surface area contributed by atoms with Crippen LogP contribution in [0.1, 0.15) is 39.2 Å². The van der Waals surface area contributed by atoms with Crippen molar-refractivity contribution in [3.63, 3.8) is 0 Å². The van der Waals surface area contributed by atoms with E-state index in [0.29, 0.717) is 23.9 Å². The van der Waals surface area contributed by atoms with E-state index in [4.69, 9.17) is 0 Å². The van der Waals surface area contributed by atoms with E-state index in [0.717, 1.165) is 31.6 Å². The fourth-order valence-corrected chi connectivity index (χ4v) is 3.51. The Bertz CT molecular complexity index is 769. The van der Waals surface area contributed by atoms with Gasteiger partial charge in [-0.05, 0) is 69.0 Å². The number of rotatable bonds is 7. The van der Waals surface area contributed by atoms with Crippen LogP contribution in [0.25, 0.3) is 0 Å². The smallest absolute Gasteiger partial charge is 0.249 e. The Morgan fingerprint density at radius 2 is 1.79 bits per heavy atom. The van der Waals surface area contributed by atoms with Crippen molar-refractivity contribution < 1.29 is 9.59 Å². The molecule has 3 N–H and O–H groups in total. The molecule has 0 saturated carbocycles. The molecule has 2 atom stereocenters. The zero-order chi connectivity index (χ0) is 19.9. The molecule has 8 heteroatoms. The fourth-order valence-electron chi connectivity index (χ4n) is 3.51. The number of piperidine rings is 1. The third kappa shape index (κ3) is 5.39. The molecule has 8 nitrogen and oxygen atoms in total. The first-order valence-corrected chi connectivity index (χ1v) is 9.78. The van der Waals surface area contributed by atoms with Gasteiger partial charge in [0.2, 0.25) is 11.8 Å². The maximum absolute atomic E-state index is 12.3. The first kappa shape index (κ1) is 20.0. The van der Waals surface area contributed by atoms with Gasteiger partial charge in [0.25, 0.3) is 0 Å². The molecule has 28 heavy (non-hydrogen) atoms. The summed E-state index contributed by atoms with van der Waals surface area (Å²) in [5, 5.41) is 13.1. The van der Waals surface area contributed by atoms with Crippen molar-refractivity contribution in [3.05, 3.63) is 36.9 Å². The molecule has 1 aromatic carbocycles. The highest BCUT2D eigenvalue weighted by Gasteiger charge is 2.22. The predicted octanol–water partition coefficient (Wildman–Crippen LogP) is 2.44. The topological polar surface area (TPSA) is 101 Å². The largest absolute Gasteiger partial charge is 0.326 e. The summed E-state index contributed by atoms with van der Waals surface area (Å²) in [6, 6.07) is 6.68. The second-order valence-corrected chi connectivity index (χ2v) is 7.44. The number of nitrogens with zero attached hydrogens (tertiary/aromatic N) is 3. The molecule has 0 aliphatic carbocycles. The monoisotopic (exact) mass is 384 g/mol. The highest BCUT2D eigenvalue weighted by Crippen LogP contribution is 2.25. The lowest BCUT2D eigenvalue weighted by atomic mass is 9.84. The van der Waals surface area contributed by atoms with Gasteiger partial charge in [-0.15, -0.1) is 0 Å². The minimum absolute atomic E-state index is 0.0302. The SMILES string of the molecule is CC(CC(=O)Nc1ccc(NC(=O)C(C)n2cncn2)cc1)C1CCNCC1. The van der Waals surface area contributed by atoms with Crippen LogP contribution in [0.3, 0.4) is 0 Å². The van der Waals surface area contributed by atoms with Crippen molar-refractivity contribution in [2.24, 2.45) is 11.8 Å². The number of carbonyl (C=O) groups excluding carboxylic acids is 2. The normalized spacial score (nSPS) is 16.9. The van der Waals surface area contributed by atoms with Crippen LogP contribution in [-0.2, 0) is 9.59 Å². The quantitative estimate of drug-likeness (QED) is 0.681. The average molecular weight is 384 g/mol. The van der Waals surface area contributed by atoms with Crippen molar-refractivity contribution >= 4 is 23.2 Å². The number of hydrogen-bond acceptors (Lipinski definition) is 5. The number of aromatic nitrogens is 3. The van der Waals surface area contributed by atoms with E-state index in [2.05, 4.69) is 33.0 Å². The molecule has 2 amide bonds. The fraction of sp³-hybridized carbons (Fsp3) is 0.500. The average Bonchev–Trinajstić information content (AvgIpc) is 3.24. The summed E-state index contributed by atoms with van der Waals surface area (Å²) in [7, 11) is 0. The third-order valence-electron chi connectivity index (χ3n) is 5.34. The molecule has 2 unspecified atom stereocenters. The Morgan fingerprint density at radius 3 is 2.39 bits per heavy atom. The van der Waals surface area contributed by atoms with E-state index in [1.807, 2.05) is 0 Å². The minimum Gasteiger partial charge on any atom is -0.326 e. The number of anilines is 2. The molecular formula is C20H28N6O2. The Balaban J connectivity index is 1.48. The summed E-state index contributed by atoms with van der Waals surface area (Å²) in [6.45, 7) is 5.99. The van der Waals surface area contributed by atoms with Gasteiger partial charge >= 0.3 is 0 Å². The summed E-state index contributed by atoms with van der Waals surface area (Å²) in [5.41, 5.74) is 1.39. The molecule has 1 aliphatic rings. The first-order valence-electron chi connectivity index (χ1n) is 9.78.